The van der Waals surface area contributed by atoms with E-state index in [-0.39, 0.29) is 23.4 Å². The molecule has 1 aromatic rings. The second-order valence-electron chi connectivity index (χ2n) is 4.23. The molecule has 0 aliphatic rings. The summed E-state index contributed by atoms with van der Waals surface area (Å²) in [6, 6.07) is 4.79. The highest BCUT2D eigenvalue weighted by atomic mass is 35.5. The highest BCUT2D eigenvalue weighted by Crippen LogP contribution is 2.21. The molecule has 0 amide bonds. The number of hydrogen-bond acceptors (Lipinski definition) is 2. The summed E-state index contributed by atoms with van der Waals surface area (Å²) in [5.74, 6) is -0.220. The van der Waals surface area contributed by atoms with Crippen molar-refractivity contribution < 1.29 is 12.8 Å². The molecule has 0 aliphatic carbocycles. The molecule has 0 fully saturated rings. The maximum Gasteiger partial charge on any atom is 0.243 e. The van der Waals surface area contributed by atoms with E-state index in [1.54, 1.807) is 0 Å². The van der Waals surface area contributed by atoms with Gasteiger partial charge in [0.1, 0.15) is 5.82 Å². The van der Waals surface area contributed by atoms with E-state index in [9.17, 15) is 12.8 Å². The Morgan fingerprint density at radius 2 is 1.74 bits per heavy atom. The molecule has 3 nitrogen and oxygen atoms in total. The smallest absolute Gasteiger partial charge is 0.207 e. The molecule has 6 heteroatoms. The number of sulfonamides is 1. The molecule has 0 unspecified atom stereocenters. The molecule has 19 heavy (non-hydrogen) atoms. The minimum Gasteiger partial charge on any atom is -0.207 e. The van der Waals surface area contributed by atoms with Crippen LogP contribution in [0.3, 0.4) is 0 Å². The van der Waals surface area contributed by atoms with Gasteiger partial charge in [0.05, 0.1) is 4.90 Å². The van der Waals surface area contributed by atoms with Crippen molar-refractivity contribution in [2.45, 2.75) is 37.6 Å². The van der Waals surface area contributed by atoms with Crippen LogP contribution in [-0.4, -0.2) is 31.2 Å². The van der Waals surface area contributed by atoms with Gasteiger partial charge in [0.2, 0.25) is 10.0 Å². The van der Waals surface area contributed by atoms with E-state index in [4.69, 9.17) is 11.6 Å². The van der Waals surface area contributed by atoms with Crippen LogP contribution < -0.4 is 0 Å². The van der Waals surface area contributed by atoms with Crippen LogP contribution in [0.4, 0.5) is 4.39 Å². The monoisotopic (exact) mass is 307 g/mol. The van der Waals surface area contributed by atoms with Gasteiger partial charge in [0.15, 0.2) is 0 Å². The third kappa shape index (κ3) is 3.91. The molecule has 0 radical (unpaired) electrons. The summed E-state index contributed by atoms with van der Waals surface area (Å²) < 4.78 is 39.4. The van der Waals surface area contributed by atoms with Gasteiger partial charge in [-0.1, -0.05) is 13.8 Å². The van der Waals surface area contributed by atoms with Gasteiger partial charge in [-0.25, -0.2) is 12.8 Å². The van der Waals surface area contributed by atoms with E-state index in [0.29, 0.717) is 12.8 Å². The molecule has 0 atom stereocenters. The van der Waals surface area contributed by atoms with Gasteiger partial charge in [-0.15, -0.1) is 11.6 Å². The van der Waals surface area contributed by atoms with Crippen LogP contribution in [0.1, 0.15) is 26.7 Å². The minimum absolute atomic E-state index is 0.0891. The van der Waals surface area contributed by atoms with Crippen molar-refractivity contribution in [3.05, 3.63) is 30.1 Å². The fourth-order valence-corrected chi connectivity index (χ4v) is 4.08. The normalized spacial score (nSPS) is 12.3. The zero-order valence-electron chi connectivity index (χ0n) is 11.1. The molecule has 1 rings (SSSR count). The van der Waals surface area contributed by atoms with Crippen molar-refractivity contribution in [1.82, 2.24) is 4.31 Å². The lowest BCUT2D eigenvalue weighted by Gasteiger charge is -2.29. The molecule has 0 bridgehead atoms. The lowest BCUT2D eigenvalue weighted by atomic mass is 10.2. The Bertz CT molecular complexity index is 486. The maximum atomic E-state index is 12.9. The van der Waals surface area contributed by atoms with Crippen LogP contribution >= 0.6 is 11.6 Å². The molecular weight excluding hydrogens is 289 g/mol. The van der Waals surface area contributed by atoms with Crippen molar-refractivity contribution in [2.75, 3.05) is 12.4 Å². The number of nitrogens with zero attached hydrogens (tertiary/aromatic N) is 1. The van der Waals surface area contributed by atoms with Crippen molar-refractivity contribution in [3.63, 3.8) is 0 Å². The van der Waals surface area contributed by atoms with Crippen molar-refractivity contribution in [3.8, 4) is 0 Å². The Balaban J connectivity index is 3.15. The quantitative estimate of drug-likeness (QED) is 0.725. The number of alkyl halides is 1. The minimum atomic E-state index is -3.62. The molecule has 108 valence electrons. The fraction of sp³-hybridized carbons (Fsp3) is 0.538. The lowest BCUT2D eigenvalue weighted by molar-refractivity contribution is 0.316. The maximum absolute atomic E-state index is 12.9. The lowest BCUT2D eigenvalue weighted by Crippen LogP contribution is -2.40. The van der Waals surface area contributed by atoms with E-state index in [1.165, 1.54) is 16.4 Å². The van der Waals surface area contributed by atoms with Crippen molar-refractivity contribution >= 4 is 21.6 Å². The molecule has 0 spiro atoms. The second-order valence-corrected chi connectivity index (χ2v) is 6.50. The summed E-state index contributed by atoms with van der Waals surface area (Å²) in [6.45, 7) is 4.14. The Labute approximate surface area is 119 Å². The van der Waals surface area contributed by atoms with Crippen molar-refractivity contribution in [2.24, 2.45) is 0 Å². The first-order valence-electron chi connectivity index (χ1n) is 6.30. The largest absolute Gasteiger partial charge is 0.243 e. The molecule has 0 aliphatic heterocycles. The summed E-state index contributed by atoms with van der Waals surface area (Å²) in [5.41, 5.74) is 0. The van der Waals surface area contributed by atoms with Crippen LogP contribution in [-0.2, 0) is 10.0 Å². The van der Waals surface area contributed by atoms with Crippen LogP contribution in [0.25, 0.3) is 0 Å². The van der Waals surface area contributed by atoms with Crippen LogP contribution in [0.5, 0.6) is 0 Å². The topological polar surface area (TPSA) is 37.4 Å². The predicted molar refractivity (Wildman–Crippen MR) is 75.4 cm³/mol. The van der Waals surface area contributed by atoms with E-state index < -0.39 is 15.8 Å². The average molecular weight is 308 g/mol. The molecular formula is C13H19ClFNO2S. The SMILES string of the molecule is CCC(CC)N(CCCl)S(=O)(=O)c1ccc(F)cc1. The molecule has 0 heterocycles. The van der Waals surface area contributed by atoms with Crippen LogP contribution in [0, 0.1) is 5.82 Å². The third-order valence-corrected chi connectivity index (χ3v) is 5.21. The highest BCUT2D eigenvalue weighted by Gasteiger charge is 2.29. The van der Waals surface area contributed by atoms with E-state index >= 15 is 0 Å². The fourth-order valence-electron chi connectivity index (χ4n) is 2.02. The molecule has 0 N–H and O–H groups in total. The average Bonchev–Trinajstić information content (AvgIpc) is 2.39. The zero-order valence-corrected chi connectivity index (χ0v) is 12.7. The standard InChI is InChI=1S/C13H19ClFNO2S/c1-3-12(4-2)16(10-9-14)19(17,18)13-7-5-11(15)6-8-13/h5-8,12H,3-4,9-10H2,1-2H3. The number of rotatable bonds is 7. The molecule has 0 aromatic heterocycles. The molecule has 1 aromatic carbocycles. The van der Waals surface area contributed by atoms with Gasteiger partial charge in [-0.2, -0.15) is 4.31 Å². The molecule has 0 saturated carbocycles. The van der Waals surface area contributed by atoms with Gasteiger partial charge in [-0.3, -0.25) is 0 Å². The predicted octanol–water partition coefficient (Wildman–Crippen LogP) is 3.24. The van der Waals surface area contributed by atoms with E-state index in [0.717, 1.165) is 12.1 Å². The van der Waals surface area contributed by atoms with Gasteiger partial charge >= 0.3 is 0 Å². The summed E-state index contributed by atoms with van der Waals surface area (Å²) in [4.78, 5) is 0.103. The van der Waals surface area contributed by atoms with Crippen LogP contribution in [0.2, 0.25) is 0 Å². The summed E-state index contributed by atoms with van der Waals surface area (Å²) in [6.07, 6.45) is 1.43. The van der Waals surface area contributed by atoms with Crippen molar-refractivity contribution in [1.29, 1.82) is 0 Å². The summed E-state index contributed by atoms with van der Waals surface area (Å²) in [5, 5.41) is 0. The van der Waals surface area contributed by atoms with E-state index in [2.05, 4.69) is 0 Å². The summed E-state index contributed by atoms with van der Waals surface area (Å²) in [7, 11) is -3.62. The Morgan fingerprint density at radius 3 is 2.16 bits per heavy atom. The third-order valence-electron chi connectivity index (χ3n) is 3.07. The van der Waals surface area contributed by atoms with Crippen LogP contribution in [0.15, 0.2) is 29.2 Å². The number of hydrogen-bond donors (Lipinski definition) is 0. The van der Waals surface area contributed by atoms with Gasteiger partial charge < -0.3 is 0 Å². The van der Waals surface area contributed by atoms with Gasteiger partial charge in [0.25, 0.3) is 0 Å². The molecule has 0 saturated heterocycles. The number of benzene rings is 1. The summed E-state index contributed by atoms with van der Waals surface area (Å²) >= 11 is 5.71. The number of halogens is 2. The first-order valence-corrected chi connectivity index (χ1v) is 8.28. The highest BCUT2D eigenvalue weighted by molar-refractivity contribution is 7.89. The Hall–Kier alpha value is -0.650. The zero-order chi connectivity index (χ0) is 14.5. The second kappa shape index (κ2) is 7.22. The first kappa shape index (κ1) is 16.4. The van der Waals surface area contributed by atoms with Gasteiger partial charge in [0, 0.05) is 18.5 Å². The van der Waals surface area contributed by atoms with Gasteiger partial charge in [-0.05, 0) is 37.1 Å². The van der Waals surface area contributed by atoms with E-state index in [1.807, 2.05) is 13.8 Å². The Kier molecular flexibility index (Phi) is 6.23. The Morgan fingerprint density at radius 1 is 1.21 bits per heavy atom. The first-order chi connectivity index (χ1) is 8.97.